The van der Waals surface area contributed by atoms with Crippen molar-refractivity contribution in [1.82, 2.24) is 4.98 Å². The highest BCUT2D eigenvalue weighted by Crippen LogP contribution is 2.29. The molecule has 0 radical (unpaired) electrons. The van der Waals surface area contributed by atoms with Crippen LogP contribution in [0, 0.1) is 0 Å². The Kier molecular flexibility index (Phi) is 3.94. The number of hydrogen-bond donors (Lipinski definition) is 2. The summed E-state index contributed by atoms with van der Waals surface area (Å²) in [6.07, 6.45) is 3.56. The first-order chi connectivity index (χ1) is 9.62. The van der Waals surface area contributed by atoms with Gasteiger partial charge < -0.3 is 15.0 Å². The summed E-state index contributed by atoms with van der Waals surface area (Å²) in [7, 11) is 3.42. The van der Waals surface area contributed by atoms with Crippen LogP contribution in [0.3, 0.4) is 0 Å². The molecule has 0 aliphatic heterocycles. The van der Waals surface area contributed by atoms with Crippen molar-refractivity contribution in [1.29, 1.82) is 0 Å². The van der Waals surface area contributed by atoms with Crippen molar-refractivity contribution < 1.29 is 4.74 Å². The quantitative estimate of drug-likeness (QED) is 0.839. The topological polar surface area (TPSA) is 54.1 Å². The van der Waals surface area contributed by atoms with Crippen molar-refractivity contribution in [3.05, 3.63) is 53.0 Å². The maximum atomic E-state index is 12.3. The van der Waals surface area contributed by atoms with Gasteiger partial charge in [-0.25, -0.2) is 0 Å². The van der Waals surface area contributed by atoms with E-state index in [0.29, 0.717) is 11.1 Å². The van der Waals surface area contributed by atoms with Crippen LogP contribution in [-0.4, -0.2) is 19.1 Å². The minimum atomic E-state index is -0.135. The van der Waals surface area contributed by atoms with E-state index in [1.54, 1.807) is 19.3 Å². The fourth-order valence-electron chi connectivity index (χ4n) is 2.25. The standard InChI is InChI=1S/C16H18N2O2/c1-5-6-10(2)14-15(17-3)12-8-7-11(20-4)9-13(12)16(19)18-14/h5-9,17H,1H2,2-4H3,(H,18,19). The molecule has 0 fully saturated rings. The van der Waals surface area contributed by atoms with Crippen LogP contribution in [0.5, 0.6) is 5.75 Å². The highest BCUT2D eigenvalue weighted by molar-refractivity contribution is 5.98. The molecule has 4 heteroatoms. The Bertz CT molecular complexity index is 742. The van der Waals surface area contributed by atoms with Crippen LogP contribution < -0.4 is 15.6 Å². The predicted molar refractivity (Wildman–Crippen MR) is 84.5 cm³/mol. The van der Waals surface area contributed by atoms with Gasteiger partial charge in [-0.3, -0.25) is 4.79 Å². The summed E-state index contributed by atoms with van der Waals surface area (Å²) in [5, 5.41) is 4.62. The first-order valence-electron chi connectivity index (χ1n) is 6.33. The van der Waals surface area contributed by atoms with Crippen molar-refractivity contribution in [3.63, 3.8) is 0 Å². The molecule has 0 atom stereocenters. The summed E-state index contributed by atoms with van der Waals surface area (Å²) < 4.78 is 5.17. The Morgan fingerprint density at radius 2 is 2.15 bits per heavy atom. The van der Waals surface area contributed by atoms with Gasteiger partial charge in [0.2, 0.25) is 0 Å². The van der Waals surface area contributed by atoms with Crippen LogP contribution in [0.4, 0.5) is 5.69 Å². The number of anilines is 1. The van der Waals surface area contributed by atoms with E-state index in [1.165, 1.54) is 0 Å². The van der Waals surface area contributed by atoms with Gasteiger partial charge in [0, 0.05) is 12.4 Å². The molecule has 1 heterocycles. The second-order valence-corrected chi connectivity index (χ2v) is 4.45. The van der Waals surface area contributed by atoms with E-state index in [2.05, 4.69) is 16.9 Å². The van der Waals surface area contributed by atoms with E-state index in [4.69, 9.17) is 4.74 Å². The molecule has 0 bridgehead atoms. The molecule has 20 heavy (non-hydrogen) atoms. The molecule has 0 unspecified atom stereocenters. The number of aromatic nitrogens is 1. The number of fused-ring (bicyclic) bond motifs is 1. The maximum Gasteiger partial charge on any atom is 0.256 e. The molecule has 1 aromatic carbocycles. The minimum Gasteiger partial charge on any atom is -0.497 e. The van der Waals surface area contributed by atoms with Gasteiger partial charge in [-0.2, -0.15) is 0 Å². The maximum absolute atomic E-state index is 12.3. The van der Waals surface area contributed by atoms with Gasteiger partial charge in [-0.1, -0.05) is 18.7 Å². The molecule has 2 rings (SSSR count). The van der Waals surface area contributed by atoms with Crippen LogP contribution in [0.2, 0.25) is 0 Å². The molecule has 0 aliphatic carbocycles. The average Bonchev–Trinajstić information content (AvgIpc) is 2.47. The number of allylic oxidation sites excluding steroid dienone is 3. The molecule has 0 aliphatic rings. The highest BCUT2D eigenvalue weighted by atomic mass is 16.5. The molecule has 104 valence electrons. The van der Waals surface area contributed by atoms with Crippen molar-refractivity contribution in [2.45, 2.75) is 6.92 Å². The van der Waals surface area contributed by atoms with Gasteiger partial charge in [0.15, 0.2) is 0 Å². The fraction of sp³-hybridized carbons (Fsp3) is 0.188. The Morgan fingerprint density at radius 1 is 1.40 bits per heavy atom. The molecule has 0 saturated carbocycles. The first kappa shape index (κ1) is 13.9. The van der Waals surface area contributed by atoms with Crippen molar-refractivity contribution >= 4 is 22.0 Å². The van der Waals surface area contributed by atoms with E-state index >= 15 is 0 Å². The second kappa shape index (κ2) is 5.65. The van der Waals surface area contributed by atoms with Gasteiger partial charge in [0.05, 0.1) is 23.9 Å². The number of nitrogens with one attached hydrogen (secondary N) is 2. The van der Waals surface area contributed by atoms with E-state index in [-0.39, 0.29) is 5.56 Å². The molecular formula is C16H18N2O2. The van der Waals surface area contributed by atoms with Crippen molar-refractivity contribution in [3.8, 4) is 5.75 Å². The lowest BCUT2D eigenvalue weighted by molar-refractivity contribution is 0.415. The summed E-state index contributed by atoms with van der Waals surface area (Å²) >= 11 is 0. The fourth-order valence-corrected chi connectivity index (χ4v) is 2.25. The molecule has 2 N–H and O–H groups in total. The molecule has 1 aromatic heterocycles. The summed E-state index contributed by atoms with van der Waals surface area (Å²) in [6, 6.07) is 5.48. The molecule has 0 spiro atoms. The largest absolute Gasteiger partial charge is 0.497 e. The molecule has 0 amide bonds. The molecule has 0 saturated heterocycles. The van der Waals surface area contributed by atoms with Gasteiger partial charge in [0.25, 0.3) is 5.56 Å². The molecule has 2 aromatic rings. The number of aromatic amines is 1. The second-order valence-electron chi connectivity index (χ2n) is 4.45. The first-order valence-corrected chi connectivity index (χ1v) is 6.33. The number of H-pyrrole nitrogens is 1. The third kappa shape index (κ3) is 2.32. The number of hydrogen-bond acceptors (Lipinski definition) is 3. The van der Waals surface area contributed by atoms with E-state index in [1.807, 2.05) is 32.2 Å². The van der Waals surface area contributed by atoms with Gasteiger partial charge in [0.1, 0.15) is 5.75 Å². The van der Waals surface area contributed by atoms with Gasteiger partial charge in [-0.15, -0.1) is 0 Å². The predicted octanol–water partition coefficient (Wildman–Crippen LogP) is 3.17. The Hall–Kier alpha value is -2.49. The SMILES string of the molecule is C=CC=C(C)c1[nH]c(=O)c2cc(OC)ccc2c1NC. The Balaban J connectivity index is 2.84. The minimum absolute atomic E-state index is 0.135. The van der Waals surface area contributed by atoms with Crippen LogP contribution >= 0.6 is 0 Å². The lowest BCUT2D eigenvalue weighted by Gasteiger charge is -2.13. The third-order valence-corrected chi connectivity index (χ3v) is 3.24. The zero-order valence-corrected chi connectivity index (χ0v) is 11.9. The van der Waals surface area contributed by atoms with Gasteiger partial charge in [-0.05, 0) is 30.7 Å². The van der Waals surface area contributed by atoms with Gasteiger partial charge >= 0.3 is 0 Å². The van der Waals surface area contributed by atoms with E-state index in [9.17, 15) is 4.79 Å². The van der Waals surface area contributed by atoms with Crippen LogP contribution in [0.1, 0.15) is 12.6 Å². The highest BCUT2D eigenvalue weighted by Gasteiger charge is 2.12. The summed E-state index contributed by atoms with van der Waals surface area (Å²) in [5.41, 5.74) is 2.47. The van der Waals surface area contributed by atoms with E-state index in [0.717, 1.165) is 22.3 Å². The third-order valence-electron chi connectivity index (χ3n) is 3.24. The van der Waals surface area contributed by atoms with Crippen LogP contribution in [0.15, 0.2) is 41.7 Å². The van der Waals surface area contributed by atoms with Crippen molar-refractivity contribution in [2.75, 3.05) is 19.5 Å². The van der Waals surface area contributed by atoms with E-state index < -0.39 is 0 Å². The Morgan fingerprint density at radius 3 is 2.75 bits per heavy atom. The Labute approximate surface area is 117 Å². The average molecular weight is 270 g/mol. The summed E-state index contributed by atoms with van der Waals surface area (Å²) in [5.74, 6) is 0.663. The summed E-state index contributed by atoms with van der Waals surface area (Å²) in [4.78, 5) is 15.2. The smallest absolute Gasteiger partial charge is 0.256 e. The number of pyridine rings is 1. The summed E-state index contributed by atoms with van der Waals surface area (Å²) in [6.45, 7) is 5.62. The van der Waals surface area contributed by atoms with Crippen LogP contribution in [-0.2, 0) is 0 Å². The number of methoxy groups -OCH3 is 1. The van der Waals surface area contributed by atoms with Crippen LogP contribution in [0.25, 0.3) is 16.3 Å². The normalized spacial score (nSPS) is 11.4. The molecule has 4 nitrogen and oxygen atoms in total. The monoisotopic (exact) mass is 270 g/mol. The molecular weight excluding hydrogens is 252 g/mol. The number of ether oxygens (including phenoxy) is 1. The lowest BCUT2D eigenvalue weighted by Crippen LogP contribution is -2.12. The lowest BCUT2D eigenvalue weighted by atomic mass is 10.0. The number of benzene rings is 1. The zero-order valence-electron chi connectivity index (χ0n) is 11.9. The van der Waals surface area contributed by atoms with Crippen molar-refractivity contribution in [2.24, 2.45) is 0 Å². The number of rotatable bonds is 4. The zero-order chi connectivity index (χ0) is 14.7.